The van der Waals surface area contributed by atoms with Crippen LogP contribution >= 0.6 is 0 Å². The van der Waals surface area contributed by atoms with Gasteiger partial charge in [-0.25, -0.2) is 8.78 Å². The van der Waals surface area contributed by atoms with Crippen LogP contribution in [-0.2, 0) is 0 Å². The highest BCUT2D eigenvalue weighted by atomic mass is 19.3. The van der Waals surface area contributed by atoms with Crippen molar-refractivity contribution in [1.29, 1.82) is 10.5 Å². The Morgan fingerprint density at radius 1 is 1.06 bits per heavy atom. The van der Waals surface area contributed by atoms with Gasteiger partial charge < -0.3 is 0 Å². The number of alkyl halides is 2. The molecule has 0 heterocycles. The maximum absolute atomic E-state index is 14.6. The molecule has 156 valence electrons. The van der Waals surface area contributed by atoms with Gasteiger partial charge in [0, 0.05) is 25.2 Å². The average Bonchev–Trinajstić information content (AvgIpc) is 2.79. The van der Waals surface area contributed by atoms with E-state index >= 15 is 0 Å². The fourth-order valence-electron chi connectivity index (χ4n) is 4.25. The van der Waals surface area contributed by atoms with Crippen molar-refractivity contribution in [2.45, 2.75) is 31.1 Å². The van der Waals surface area contributed by atoms with Gasteiger partial charge in [-0.1, -0.05) is 85.0 Å². The number of rotatable bonds is 7. The van der Waals surface area contributed by atoms with E-state index in [1.165, 1.54) is 12.2 Å². The van der Waals surface area contributed by atoms with Gasteiger partial charge in [-0.2, -0.15) is 10.5 Å². The van der Waals surface area contributed by atoms with E-state index in [4.69, 9.17) is 0 Å². The third-order valence-electron chi connectivity index (χ3n) is 5.78. The summed E-state index contributed by atoms with van der Waals surface area (Å²) in [6, 6.07) is 23.3. The van der Waals surface area contributed by atoms with E-state index in [2.05, 4.69) is 18.7 Å². The molecule has 0 aliphatic heterocycles. The van der Waals surface area contributed by atoms with Crippen LogP contribution in [0.5, 0.6) is 0 Å². The SMILES string of the molecule is C=CCC(C#N)(C#N)C1=CCC(F)(F)CC1C(/C=C/c1ccccc1)c1ccccc1. The molecular weight excluding hydrogens is 390 g/mol. The summed E-state index contributed by atoms with van der Waals surface area (Å²) < 4.78 is 29.2. The normalized spacial score (nSPS) is 19.1. The molecule has 2 aromatic carbocycles. The van der Waals surface area contributed by atoms with E-state index in [0.717, 1.165) is 11.1 Å². The number of halogens is 2. The number of benzene rings is 2. The maximum atomic E-state index is 14.6. The van der Waals surface area contributed by atoms with E-state index < -0.39 is 36.0 Å². The third kappa shape index (κ3) is 4.98. The fourth-order valence-corrected chi connectivity index (χ4v) is 4.25. The van der Waals surface area contributed by atoms with E-state index in [1.807, 2.05) is 72.8 Å². The topological polar surface area (TPSA) is 47.6 Å². The summed E-state index contributed by atoms with van der Waals surface area (Å²) >= 11 is 0. The van der Waals surface area contributed by atoms with E-state index in [-0.39, 0.29) is 6.42 Å². The Morgan fingerprint density at radius 2 is 1.68 bits per heavy atom. The van der Waals surface area contributed by atoms with E-state index in [9.17, 15) is 19.3 Å². The molecule has 0 radical (unpaired) electrons. The van der Waals surface area contributed by atoms with Gasteiger partial charge in [0.05, 0.1) is 12.1 Å². The summed E-state index contributed by atoms with van der Waals surface area (Å²) in [4.78, 5) is 0. The summed E-state index contributed by atoms with van der Waals surface area (Å²) in [7, 11) is 0. The third-order valence-corrected chi connectivity index (χ3v) is 5.78. The summed E-state index contributed by atoms with van der Waals surface area (Å²) in [6.45, 7) is 3.68. The highest BCUT2D eigenvalue weighted by Crippen LogP contribution is 2.50. The lowest BCUT2D eigenvalue weighted by Crippen LogP contribution is -2.35. The second-order valence-electron chi connectivity index (χ2n) is 7.86. The zero-order valence-electron chi connectivity index (χ0n) is 17.2. The van der Waals surface area contributed by atoms with Gasteiger partial charge in [-0.05, 0) is 22.6 Å². The fraction of sp³-hybridized carbons (Fsp3) is 0.259. The summed E-state index contributed by atoms with van der Waals surface area (Å²) in [5.74, 6) is -4.00. The smallest absolute Gasteiger partial charge is 0.207 e. The van der Waals surface area contributed by atoms with Crippen molar-refractivity contribution in [3.8, 4) is 12.1 Å². The average molecular weight is 414 g/mol. The monoisotopic (exact) mass is 414 g/mol. The molecule has 2 unspecified atom stereocenters. The second kappa shape index (κ2) is 9.54. The van der Waals surface area contributed by atoms with Crippen molar-refractivity contribution >= 4 is 6.08 Å². The molecule has 0 fully saturated rings. The molecule has 2 aromatic rings. The highest BCUT2D eigenvalue weighted by Gasteiger charge is 2.47. The Bertz CT molecular complexity index is 1030. The van der Waals surface area contributed by atoms with Crippen LogP contribution in [0.3, 0.4) is 0 Å². The van der Waals surface area contributed by atoms with Crippen LogP contribution in [-0.4, -0.2) is 5.92 Å². The zero-order valence-corrected chi connectivity index (χ0v) is 17.2. The molecule has 0 N–H and O–H groups in total. The van der Waals surface area contributed by atoms with Gasteiger partial charge in [-0.3, -0.25) is 0 Å². The molecule has 1 aliphatic rings. The largest absolute Gasteiger partial charge is 0.252 e. The van der Waals surface area contributed by atoms with Crippen LogP contribution in [0.1, 0.15) is 36.3 Å². The minimum absolute atomic E-state index is 0.0951. The van der Waals surface area contributed by atoms with E-state index in [1.54, 1.807) is 0 Å². The molecule has 0 spiro atoms. The van der Waals surface area contributed by atoms with Gasteiger partial charge >= 0.3 is 0 Å². The molecule has 2 nitrogen and oxygen atoms in total. The Labute approximate surface area is 182 Å². The first-order valence-electron chi connectivity index (χ1n) is 10.2. The molecule has 31 heavy (non-hydrogen) atoms. The van der Waals surface area contributed by atoms with Crippen molar-refractivity contribution < 1.29 is 8.78 Å². The van der Waals surface area contributed by atoms with Crippen molar-refractivity contribution in [3.05, 3.63) is 102 Å². The minimum atomic E-state index is -2.90. The predicted octanol–water partition coefficient (Wildman–Crippen LogP) is 7.06. The van der Waals surface area contributed by atoms with Crippen molar-refractivity contribution in [2.75, 3.05) is 0 Å². The first-order chi connectivity index (χ1) is 14.9. The van der Waals surface area contributed by atoms with Gasteiger partial charge in [-0.15, -0.1) is 6.58 Å². The summed E-state index contributed by atoms with van der Waals surface area (Å²) in [5, 5.41) is 19.8. The molecule has 4 heteroatoms. The van der Waals surface area contributed by atoms with Crippen molar-refractivity contribution in [3.63, 3.8) is 0 Å². The first-order valence-corrected chi connectivity index (χ1v) is 10.2. The Kier molecular flexibility index (Phi) is 6.83. The lowest BCUT2D eigenvalue weighted by atomic mass is 9.64. The Balaban J connectivity index is 2.14. The molecule has 1 aliphatic carbocycles. The maximum Gasteiger partial charge on any atom is 0.252 e. The molecule has 0 saturated heterocycles. The lowest BCUT2D eigenvalue weighted by Gasteiger charge is -2.38. The van der Waals surface area contributed by atoms with Crippen LogP contribution < -0.4 is 0 Å². The van der Waals surface area contributed by atoms with Crippen LogP contribution in [0, 0.1) is 34.0 Å². The molecule has 0 aromatic heterocycles. The molecule has 0 amide bonds. The van der Waals surface area contributed by atoms with Crippen LogP contribution in [0.4, 0.5) is 8.78 Å². The Morgan fingerprint density at radius 3 is 2.26 bits per heavy atom. The molecular formula is C27H24F2N2. The molecule has 3 rings (SSSR count). The zero-order chi connectivity index (χ0) is 22.3. The number of nitriles is 2. The molecule has 0 saturated carbocycles. The summed E-state index contributed by atoms with van der Waals surface area (Å²) in [6.07, 6.45) is 5.96. The van der Waals surface area contributed by atoms with Crippen LogP contribution in [0.25, 0.3) is 6.08 Å². The van der Waals surface area contributed by atoms with Crippen LogP contribution in [0.15, 0.2) is 91.0 Å². The minimum Gasteiger partial charge on any atom is -0.207 e. The van der Waals surface area contributed by atoms with Gasteiger partial charge in [0.15, 0.2) is 5.41 Å². The molecule has 0 bridgehead atoms. The standard InChI is InChI=1S/C27H24F2N2/c1-2-16-26(19-30,20-31)25-15-17-27(28,29)18-24(25)23(22-11-7-4-8-12-22)14-13-21-9-5-3-6-10-21/h2-15,23-24H,1,16-18H2/b14-13+. The summed E-state index contributed by atoms with van der Waals surface area (Å²) in [5.41, 5.74) is 0.785. The number of allylic oxidation sites excluding steroid dienone is 4. The highest BCUT2D eigenvalue weighted by molar-refractivity contribution is 5.52. The quantitative estimate of drug-likeness (QED) is 0.455. The van der Waals surface area contributed by atoms with Crippen LogP contribution in [0.2, 0.25) is 0 Å². The number of hydrogen-bond donors (Lipinski definition) is 0. The Hall–Kier alpha value is -3.50. The number of hydrogen-bond acceptors (Lipinski definition) is 2. The van der Waals surface area contributed by atoms with Gasteiger partial charge in [0.1, 0.15) is 0 Å². The second-order valence-corrected chi connectivity index (χ2v) is 7.86. The molecule has 2 atom stereocenters. The van der Waals surface area contributed by atoms with Crippen molar-refractivity contribution in [2.24, 2.45) is 11.3 Å². The van der Waals surface area contributed by atoms with Gasteiger partial charge in [0.25, 0.3) is 5.92 Å². The van der Waals surface area contributed by atoms with Gasteiger partial charge in [0.2, 0.25) is 0 Å². The van der Waals surface area contributed by atoms with Crippen molar-refractivity contribution in [1.82, 2.24) is 0 Å². The van der Waals surface area contributed by atoms with E-state index in [0.29, 0.717) is 5.57 Å². The number of nitrogens with zero attached hydrogens (tertiary/aromatic N) is 2. The predicted molar refractivity (Wildman–Crippen MR) is 119 cm³/mol. The first kappa shape index (κ1) is 22.2. The lowest BCUT2D eigenvalue weighted by molar-refractivity contribution is -0.0256.